The molecule has 0 bridgehead atoms. The summed E-state index contributed by atoms with van der Waals surface area (Å²) in [4.78, 5) is 26.3. The minimum atomic E-state index is -1.07. The molecular formula is C30H31ClFNO4. The van der Waals surface area contributed by atoms with Crippen LogP contribution in [0.5, 0.6) is 5.75 Å². The number of carboxylic acids is 1. The summed E-state index contributed by atoms with van der Waals surface area (Å²) in [6, 6.07) is 17.8. The number of hydrogen-bond acceptors (Lipinski definition) is 3. The molecule has 0 saturated heterocycles. The quantitative estimate of drug-likeness (QED) is 0.330. The van der Waals surface area contributed by atoms with Gasteiger partial charge < -0.3 is 14.7 Å². The van der Waals surface area contributed by atoms with Gasteiger partial charge in [0.25, 0.3) is 5.91 Å². The molecule has 3 aromatic rings. The molecule has 1 N–H and O–H groups in total. The summed E-state index contributed by atoms with van der Waals surface area (Å²) in [5.74, 6) is -1.20. The highest BCUT2D eigenvalue weighted by atomic mass is 35.5. The van der Waals surface area contributed by atoms with Crippen LogP contribution in [-0.2, 0) is 30.6 Å². The average molecular weight is 524 g/mol. The van der Waals surface area contributed by atoms with Crippen molar-refractivity contribution in [2.24, 2.45) is 0 Å². The minimum Gasteiger partial charge on any atom is -0.487 e. The van der Waals surface area contributed by atoms with Gasteiger partial charge in [-0.25, -0.2) is 4.39 Å². The van der Waals surface area contributed by atoms with E-state index in [1.165, 1.54) is 16.5 Å². The first-order valence-corrected chi connectivity index (χ1v) is 12.9. The predicted octanol–water partition coefficient (Wildman–Crippen LogP) is 6.49. The average Bonchev–Trinajstić information content (AvgIpc) is 3.19. The van der Waals surface area contributed by atoms with E-state index in [4.69, 9.17) is 16.3 Å². The third-order valence-electron chi connectivity index (χ3n) is 6.62. The zero-order valence-electron chi connectivity index (χ0n) is 21.1. The zero-order valence-corrected chi connectivity index (χ0v) is 21.9. The Bertz CT molecular complexity index is 1290. The van der Waals surface area contributed by atoms with Gasteiger partial charge in [-0.3, -0.25) is 9.59 Å². The van der Waals surface area contributed by atoms with Crippen LogP contribution in [0.3, 0.4) is 0 Å². The number of benzene rings is 3. The predicted molar refractivity (Wildman–Crippen MR) is 142 cm³/mol. The lowest BCUT2D eigenvalue weighted by molar-refractivity contribution is -0.137. The molecule has 7 heteroatoms. The van der Waals surface area contributed by atoms with Crippen LogP contribution in [0.1, 0.15) is 59.3 Å². The Balaban J connectivity index is 1.49. The first kappa shape index (κ1) is 26.7. The molecular weight excluding hydrogens is 493 g/mol. The van der Waals surface area contributed by atoms with E-state index < -0.39 is 23.9 Å². The lowest BCUT2D eigenvalue weighted by Gasteiger charge is -2.24. The Labute approximate surface area is 221 Å². The molecule has 0 fully saturated rings. The highest BCUT2D eigenvalue weighted by molar-refractivity contribution is 6.30. The topological polar surface area (TPSA) is 66.8 Å². The molecule has 0 spiro atoms. The van der Waals surface area contributed by atoms with Gasteiger partial charge in [0, 0.05) is 24.9 Å². The van der Waals surface area contributed by atoms with Crippen molar-refractivity contribution in [1.29, 1.82) is 0 Å². The summed E-state index contributed by atoms with van der Waals surface area (Å²) in [6.45, 7) is 3.92. The normalized spacial score (nSPS) is 16.2. The lowest BCUT2D eigenvalue weighted by atomic mass is 9.91. The number of halogens is 2. The fraction of sp³-hybridized carbons (Fsp3) is 0.333. The molecule has 0 radical (unpaired) electrons. The van der Waals surface area contributed by atoms with Crippen LogP contribution in [0.25, 0.3) is 0 Å². The largest absolute Gasteiger partial charge is 0.487 e. The summed E-state index contributed by atoms with van der Waals surface area (Å²) in [5, 5.41) is 9.52. The second kappa shape index (κ2) is 11.3. The van der Waals surface area contributed by atoms with Crippen molar-refractivity contribution in [3.05, 3.63) is 99.3 Å². The van der Waals surface area contributed by atoms with Crippen molar-refractivity contribution in [1.82, 2.24) is 4.90 Å². The number of amides is 1. The number of aryl methyl sites for hydroxylation is 1. The van der Waals surface area contributed by atoms with Crippen LogP contribution >= 0.6 is 11.6 Å². The molecule has 1 aliphatic rings. The fourth-order valence-electron chi connectivity index (χ4n) is 4.79. The number of nitrogens with zero attached hydrogens (tertiary/aromatic N) is 1. The Kier molecular flexibility index (Phi) is 8.18. The van der Waals surface area contributed by atoms with Crippen LogP contribution in [0.4, 0.5) is 4.39 Å². The smallest absolute Gasteiger partial charge is 0.323 e. The Hall–Kier alpha value is -3.38. The molecule has 4 rings (SSSR count). The number of unbranched alkanes of at least 4 members (excludes halogenated alkanes) is 1. The van der Waals surface area contributed by atoms with Gasteiger partial charge in [0.05, 0.1) is 5.02 Å². The number of fused-ring (bicyclic) bond motifs is 1. The van der Waals surface area contributed by atoms with Gasteiger partial charge in [-0.1, -0.05) is 55.3 Å². The van der Waals surface area contributed by atoms with Crippen LogP contribution < -0.4 is 4.74 Å². The van der Waals surface area contributed by atoms with E-state index in [1.54, 1.807) is 30.3 Å². The van der Waals surface area contributed by atoms with E-state index >= 15 is 0 Å². The summed E-state index contributed by atoms with van der Waals surface area (Å²) in [5.41, 5.74) is 3.67. The number of rotatable bonds is 10. The van der Waals surface area contributed by atoms with Crippen molar-refractivity contribution in [3.8, 4) is 5.75 Å². The summed E-state index contributed by atoms with van der Waals surface area (Å²) in [6.07, 6.45) is 4.30. The lowest BCUT2D eigenvalue weighted by Crippen LogP contribution is -2.35. The second-order valence-corrected chi connectivity index (χ2v) is 10.4. The maximum Gasteiger partial charge on any atom is 0.323 e. The van der Waals surface area contributed by atoms with Crippen LogP contribution in [0.15, 0.2) is 60.7 Å². The van der Waals surface area contributed by atoms with Gasteiger partial charge >= 0.3 is 5.97 Å². The Morgan fingerprint density at radius 1 is 1.05 bits per heavy atom. The summed E-state index contributed by atoms with van der Waals surface area (Å²) < 4.78 is 19.8. The number of carbonyl (C=O) groups excluding carboxylic acids is 1. The number of ether oxygens (including phenoxy) is 1. The maximum absolute atomic E-state index is 13.6. The van der Waals surface area contributed by atoms with Crippen molar-refractivity contribution in [3.63, 3.8) is 0 Å². The van der Waals surface area contributed by atoms with E-state index in [-0.39, 0.29) is 17.5 Å². The molecule has 0 aliphatic carbocycles. The molecule has 3 aromatic carbocycles. The van der Waals surface area contributed by atoms with Gasteiger partial charge in [-0.05, 0) is 72.4 Å². The zero-order chi connectivity index (χ0) is 26.6. The van der Waals surface area contributed by atoms with Crippen molar-refractivity contribution in [2.75, 3.05) is 6.54 Å². The third-order valence-corrected chi connectivity index (χ3v) is 6.91. The molecule has 1 heterocycles. The first-order chi connectivity index (χ1) is 17.7. The van der Waals surface area contributed by atoms with E-state index in [0.717, 1.165) is 36.0 Å². The van der Waals surface area contributed by atoms with Crippen molar-refractivity contribution < 1.29 is 23.8 Å². The van der Waals surface area contributed by atoms with Gasteiger partial charge in [0.2, 0.25) is 0 Å². The van der Waals surface area contributed by atoms with E-state index in [9.17, 15) is 19.1 Å². The monoisotopic (exact) mass is 523 g/mol. The van der Waals surface area contributed by atoms with E-state index in [2.05, 4.69) is 6.92 Å². The first-order valence-electron chi connectivity index (χ1n) is 12.5. The van der Waals surface area contributed by atoms with Crippen LogP contribution in [0, 0.1) is 5.82 Å². The molecule has 194 valence electrons. The fourth-order valence-corrected chi connectivity index (χ4v) is 5.00. The molecule has 0 aromatic heterocycles. The standard InChI is InChI=1S/C30H31ClFNO4/c1-3-4-5-20-6-8-21(9-7-20)18-33(19-28(34)35)29(36)23-11-13-27-24(15-23)17-30(2,37-27)16-22-10-12-26(32)25(31)14-22/h6-15H,3-5,16-19H2,1-2H3,(H,34,35)/t30-/m1/s1. The molecule has 0 saturated carbocycles. The van der Waals surface area contributed by atoms with Gasteiger partial charge in [0.15, 0.2) is 0 Å². The number of carbonyl (C=O) groups is 2. The highest BCUT2D eigenvalue weighted by Crippen LogP contribution is 2.38. The van der Waals surface area contributed by atoms with Crippen molar-refractivity contribution >= 4 is 23.5 Å². The van der Waals surface area contributed by atoms with Gasteiger partial charge in [-0.2, -0.15) is 0 Å². The molecule has 1 aliphatic heterocycles. The SMILES string of the molecule is CCCCc1ccc(CN(CC(=O)O)C(=O)c2ccc3c(c2)C[C@@](C)(Cc2ccc(F)c(Cl)c2)O3)cc1. The maximum atomic E-state index is 13.6. The number of carboxylic acid groups (broad SMARTS) is 1. The summed E-state index contributed by atoms with van der Waals surface area (Å²) >= 11 is 5.94. The Morgan fingerprint density at radius 2 is 1.76 bits per heavy atom. The van der Waals surface area contributed by atoms with E-state index in [1.807, 2.05) is 31.2 Å². The Morgan fingerprint density at radius 3 is 2.43 bits per heavy atom. The van der Waals surface area contributed by atoms with Gasteiger partial charge in [-0.15, -0.1) is 0 Å². The summed E-state index contributed by atoms with van der Waals surface area (Å²) in [7, 11) is 0. The molecule has 1 atom stereocenters. The van der Waals surface area contributed by atoms with Crippen molar-refractivity contribution in [2.45, 2.75) is 58.1 Å². The van der Waals surface area contributed by atoms with Crippen LogP contribution in [0.2, 0.25) is 5.02 Å². The molecule has 1 amide bonds. The van der Waals surface area contributed by atoms with E-state index in [0.29, 0.717) is 24.2 Å². The molecule has 0 unspecified atom stereocenters. The highest BCUT2D eigenvalue weighted by Gasteiger charge is 2.36. The molecule has 5 nitrogen and oxygen atoms in total. The number of aliphatic carboxylic acids is 1. The molecule has 37 heavy (non-hydrogen) atoms. The van der Waals surface area contributed by atoms with Crippen LogP contribution in [-0.4, -0.2) is 34.0 Å². The third kappa shape index (κ3) is 6.69. The minimum absolute atomic E-state index is 0.0682. The second-order valence-electron chi connectivity index (χ2n) is 9.95. The number of hydrogen-bond donors (Lipinski definition) is 1. The van der Waals surface area contributed by atoms with Gasteiger partial charge in [0.1, 0.15) is 23.7 Å².